The van der Waals surface area contributed by atoms with Crippen LogP contribution in [0.5, 0.6) is 0 Å². The zero-order valence-electron chi connectivity index (χ0n) is 48.6. The molecule has 0 unspecified atom stereocenters. The molecule has 0 atom stereocenters. The molecule has 11 nitrogen and oxygen atoms in total. The van der Waals surface area contributed by atoms with Gasteiger partial charge in [0.15, 0.2) is 34.9 Å². The van der Waals surface area contributed by atoms with Crippen molar-refractivity contribution in [1.29, 1.82) is 0 Å². The average molecular weight is 1420 g/mol. The third kappa shape index (κ3) is 15.7. The van der Waals surface area contributed by atoms with Gasteiger partial charge in [-0.1, -0.05) is 57.5 Å². The van der Waals surface area contributed by atoms with E-state index < -0.39 is 51.1 Å². The van der Waals surface area contributed by atoms with Crippen molar-refractivity contribution < 1.29 is 35.8 Å². The standard InChI is InChI=1S/2C24H24BrF2N3OSi.C18H10BrF2N3/c1-32(2,3)9-8-31-15-30-14-29-23(24(30)17-4-6-20(26)21(27)12-17)16-5-7-22-18(10-16)11-19(25)13-28-22;1-32(2,3)9-8-31-15-30-14-29-23(16-4-6-20(26)21(27)12-16)24(30)17-5-7-22-18(10-17)11-19(25)13-28-22;19-13-6-12-5-10(2-4-16(12)22-8-13)17-18(24-9-23-17)11-1-3-14(20)15(21)7-11/h2*4-7,10-14H,8-9,15H2,1-3H3;1-9H,(H,23,24). The van der Waals surface area contributed by atoms with Crippen LogP contribution >= 0.6 is 47.8 Å². The van der Waals surface area contributed by atoms with Gasteiger partial charge < -0.3 is 23.6 Å². The Bertz CT molecular complexity index is 4500. The maximum Gasteiger partial charge on any atom is 0.159 e. The van der Waals surface area contributed by atoms with Gasteiger partial charge >= 0.3 is 0 Å². The van der Waals surface area contributed by atoms with Gasteiger partial charge in [-0.3, -0.25) is 15.0 Å². The monoisotopic (exact) mass is 1420 g/mol. The second kappa shape index (κ2) is 27.5. The summed E-state index contributed by atoms with van der Waals surface area (Å²) >= 11 is 10.3. The van der Waals surface area contributed by atoms with Gasteiger partial charge in [-0.05, 0) is 169 Å². The first-order chi connectivity index (χ1) is 42.0. The van der Waals surface area contributed by atoms with Gasteiger partial charge in [0.1, 0.15) is 13.5 Å². The maximum absolute atomic E-state index is 14.1. The minimum atomic E-state index is -1.22. The van der Waals surface area contributed by atoms with Crippen LogP contribution in [0, 0.1) is 34.9 Å². The molecule has 0 bridgehead atoms. The van der Waals surface area contributed by atoms with Gasteiger partial charge in [-0.25, -0.2) is 41.3 Å². The van der Waals surface area contributed by atoms with Crippen LogP contribution in [0.2, 0.25) is 51.4 Å². The number of ether oxygens (including phenoxy) is 2. The molecule has 0 spiro atoms. The van der Waals surface area contributed by atoms with Crippen LogP contribution in [0.1, 0.15) is 0 Å². The van der Waals surface area contributed by atoms with E-state index in [2.05, 4.69) is 122 Å². The van der Waals surface area contributed by atoms with E-state index in [0.29, 0.717) is 59.4 Å². The summed E-state index contributed by atoms with van der Waals surface area (Å²) in [4.78, 5) is 29.7. The molecule has 0 saturated heterocycles. The van der Waals surface area contributed by atoms with E-state index in [-0.39, 0.29) is 6.73 Å². The minimum absolute atomic E-state index is 0.284. The van der Waals surface area contributed by atoms with E-state index in [1.165, 1.54) is 24.5 Å². The summed E-state index contributed by atoms with van der Waals surface area (Å²) < 4.78 is 100. The largest absolute Gasteiger partial charge is 0.361 e. The number of benzene rings is 6. The molecule has 12 aromatic rings. The highest BCUT2D eigenvalue weighted by Crippen LogP contribution is 2.37. The predicted molar refractivity (Wildman–Crippen MR) is 353 cm³/mol. The van der Waals surface area contributed by atoms with E-state index in [1.807, 2.05) is 81.9 Å². The lowest BCUT2D eigenvalue weighted by molar-refractivity contribution is 0.0881. The Hall–Kier alpha value is -7.45. The third-order valence-corrected chi connectivity index (χ3v) is 18.8. The van der Waals surface area contributed by atoms with Crippen molar-refractivity contribution in [2.75, 3.05) is 13.2 Å². The number of nitrogens with one attached hydrogen (secondary N) is 1. The third-order valence-electron chi connectivity index (χ3n) is 14.1. The fourth-order valence-corrected chi connectivity index (χ4v) is 12.1. The molecule has 0 radical (unpaired) electrons. The highest BCUT2D eigenvalue weighted by Gasteiger charge is 2.22. The Kier molecular flexibility index (Phi) is 19.9. The Morgan fingerprint density at radius 3 is 1.19 bits per heavy atom. The van der Waals surface area contributed by atoms with E-state index in [1.54, 1.807) is 43.4 Å². The second-order valence-electron chi connectivity index (χ2n) is 23.2. The number of pyridine rings is 3. The molecule has 6 heterocycles. The van der Waals surface area contributed by atoms with Crippen molar-refractivity contribution in [1.82, 2.24) is 44.0 Å². The first-order valence-corrected chi connectivity index (χ1v) is 37.7. The maximum atomic E-state index is 14.1. The number of halogens is 9. The number of fused-ring (bicyclic) bond motifs is 3. The molecule has 6 aromatic heterocycles. The molecule has 0 aliphatic heterocycles. The molecule has 22 heteroatoms. The number of hydrogen-bond acceptors (Lipinski definition) is 8. The molecule has 0 fully saturated rings. The Labute approximate surface area is 531 Å². The first-order valence-electron chi connectivity index (χ1n) is 27.9. The molecule has 88 heavy (non-hydrogen) atoms. The van der Waals surface area contributed by atoms with Gasteiger partial charge in [0, 0.05) is 111 Å². The van der Waals surface area contributed by atoms with E-state index in [9.17, 15) is 26.3 Å². The topological polar surface area (TPSA) is 121 Å². The lowest BCUT2D eigenvalue weighted by Crippen LogP contribution is -2.22. The van der Waals surface area contributed by atoms with Gasteiger partial charge in [-0.2, -0.15) is 0 Å². The summed E-state index contributed by atoms with van der Waals surface area (Å²) in [7, 11) is -2.42. The van der Waals surface area contributed by atoms with Gasteiger partial charge in [0.05, 0.1) is 69.7 Å². The molecular formula is C66H58Br3F6N9O2Si2. The normalized spacial score (nSPS) is 11.7. The van der Waals surface area contributed by atoms with E-state index >= 15 is 0 Å². The summed E-state index contributed by atoms with van der Waals surface area (Å²) in [5.41, 5.74) is 10.8. The van der Waals surface area contributed by atoms with Crippen molar-refractivity contribution in [3.63, 3.8) is 0 Å². The Morgan fingerprint density at radius 1 is 0.398 bits per heavy atom. The lowest BCUT2D eigenvalue weighted by atomic mass is 10.0. The van der Waals surface area contributed by atoms with Crippen LogP contribution in [-0.2, 0) is 22.9 Å². The molecule has 0 aliphatic carbocycles. The minimum Gasteiger partial charge on any atom is -0.361 e. The van der Waals surface area contributed by atoms with Crippen molar-refractivity contribution in [3.8, 4) is 67.5 Å². The number of imidazole rings is 3. The summed E-state index contributed by atoms with van der Waals surface area (Å²) in [5.74, 6) is -5.33. The molecule has 450 valence electrons. The first kappa shape index (κ1) is 63.6. The number of aromatic amines is 1. The molecule has 0 amide bonds. The number of aromatic nitrogens is 9. The highest BCUT2D eigenvalue weighted by atomic mass is 79.9. The van der Waals surface area contributed by atoms with Crippen molar-refractivity contribution in [3.05, 3.63) is 213 Å². The number of H-pyrrole nitrogens is 1. The fraction of sp³-hybridized carbons (Fsp3) is 0.182. The summed E-state index contributed by atoms with van der Waals surface area (Å²) in [6.45, 7) is 15.7. The molecular weight excluding hydrogens is 1360 g/mol. The quantitative estimate of drug-likeness (QED) is 0.0577. The van der Waals surface area contributed by atoms with Gasteiger partial charge in [-0.15, -0.1) is 0 Å². The SMILES string of the molecule is C[Si](C)(C)CCOCn1cnc(-c2ccc(F)c(F)c2)c1-c1ccc2ncc(Br)cc2c1.C[Si](C)(C)CCOCn1cnc(-c2ccc3ncc(Br)cc3c2)c1-c1ccc(F)c(F)c1.Fc1ccc(-c2nc[nH]c2-c2ccc3ncc(Br)cc3c2)cc1F. The highest BCUT2D eigenvalue weighted by molar-refractivity contribution is 9.11. The van der Waals surface area contributed by atoms with Crippen molar-refractivity contribution in [2.24, 2.45) is 0 Å². The molecule has 0 aliphatic rings. The van der Waals surface area contributed by atoms with Gasteiger partial charge in [0.25, 0.3) is 0 Å². The summed E-state index contributed by atoms with van der Waals surface area (Å²) in [6.07, 6.45) is 10.2. The Balaban J connectivity index is 0.000000147. The predicted octanol–water partition coefficient (Wildman–Crippen LogP) is 19.6. The average Bonchev–Trinajstić information content (AvgIpc) is 4.36. The second-order valence-corrected chi connectivity index (χ2v) is 37.2. The van der Waals surface area contributed by atoms with Crippen molar-refractivity contribution in [2.45, 2.75) is 64.8 Å². The van der Waals surface area contributed by atoms with Crippen molar-refractivity contribution >= 4 is 96.6 Å². The van der Waals surface area contributed by atoms with Crippen LogP contribution in [0.3, 0.4) is 0 Å². The molecule has 12 rings (SSSR count). The summed E-state index contributed by atoms with van der Waals surface area (Å²) in [6, 6.07) is 37.1. The van der Waals surface area contributed by atoms with Gasteiger partial charge in [0.2, 0.25) is 0 Å². The van der Waals surface area contributed by atoms with Crippen LogP contribution in [0.15, 0.2) is 178 Å². The van der Waals surface area contributed by atoms with Crippen LogP contribution in [0.25, 0.3) is 100 Å². The molecule has 1 N–H and O–H groups in total. The van der Waals surface area contributed by atoms with E-state index in [0.717, 1.165) is 111 Å². The fourth-order valence-electron chi connectivity index (χ4n) is 9.50. The number of hydrogen-bond donors (Lipinski definition) is 1. The summed E-state index contributed by atoms with van der Waals surface area (Å²) in [5, 5.41) is 2.88. The smallest absolute Gasteiger partial charge is 0.159 e. The lowest BCUT2D eigenvalue weighted by Gasteiger charge is -2.16. The number of nitrogens with zero attached hydrogens (tertiary/aromatic N) is 8. The molecule has 6 aromatic carbocycles. The van der Waals surface area contributed by atoms with Crippen LogP contribution in [0.4, 0.5) is 26.3 Å². The van der Waals surface area contributed by atoms with Crippen LogP contribution in [-0.4, -0.2) is 73.4 Å². The Morgan fingerprint density at radius 2 is 0.750 bits per heavy atom. The molecule has 0 saturated carbocycles. The van der Waals surface area contributed by atoms with Crippen LogP contribution < -0.4 is 0 Å². The number of rotatable bonds is 16. The van der Waals surface area contributed by atoms with E-state index in [4.69, 9.17) is 9.47 Å². The zero-order valence-corrected chi connectivity index (χ0v) is 55.4. The zero-order chi connectivity index (χ0) is 62.4.